The Bertz CT molecular complexity index is 1000. The van der Waals surface area contributed by atoms with E-state index >= 15 is 0 Å². The molecule has 4 rings (SSSR count). The van der Waals surface area contributed by atoms with Crippen molar-refractivity contribution in [3.63, 3.8) is 0 Å². The zero-order chi connectivity index (χ0) is 19.7. The molecular weight excluding hydrogens is 480 g/mol. The van der Waals surface area contributed by atoms with Gasteiger partial charge in [0.05, 0.1) is 10.6 Å². The molecule has 0 saturated carbocycles. The number of piperidine rings is 1. The van der Waals surface area contributed by atoms with Crippen molar-refractivity contribution in [3.8, 4) is 9.88 Å². The number of nitrogens with one attached hydrogen (secondary N) is 1. The van der Waals surface area contributed by atoms with Gasteiger partial charge in [-0.2, -0.15) is 0 Å². The SMILES string of the molecule is Cc1csc(NC(=O)C2CCN(C(=O)c3csc(-c4cc(Br)cs4)n3)CC2)n1. The topological polar surface area (TPSA) is 75.2 Å². The van der Waals surface area contributed by atoms with Crippen LogP contribution in [0.25, 0.3) is 9.88 Å². The number of aryl methyl sites for hydroxylation is 1. The molecule has 0 radical (unpaired) electrons. The van der Waals surface area contributed by atoms with Gasteiger partial charge in [-0.1, -0.05) is 0 Å². The lowest BCUT2D eigenvalue weighted by atomic mass is 9.96. The van der Waals surface area contributed by atoms with Gasteiger partial charge in [0.2, 0.25) is 5.91 Å². The molecule has 146 valence electrons. The van der Waals surface area contributed by atoms with Gasteiger partial charge in [-0.25, -0.2) is 9.97 Å². The second kappa shape index (κ2) is 8.40. The lowest BCUT2D eigenvalue weighted by Crippen LogP contribution is -2.41. The highest BCUT2D eigenvalue weighted by Gasteiger charge is 2.29. The summed E-state index contributed by atoms with van der Waals surface area (Å²) in [6.45, 7) is 3.02. The maximum atomic E-state index is 12.8. The molecule has 1 aliphatic heterocycles. The van der Waals surface area contributed by atoms with Crippen LogP contribution in [0.4, 0.5) is 5.13 Å². The van der Waals surface area contributed by atoms with Crippen molar-refractivity contribution in [1.29, 1.82) is 0 Å². The first-order valence-corrected chi connectivity index (χ1v) is 12.1. The average Bonchev–Trinajstić information content (AvgIpc) is 3.42. The zero-order valence-electron chi connectivity index (χ0n) is 15.0. The second-order valence-electron chi connectivity index (χ2n) is 6.52. The Morgan fingerprint density at radius 2 is 1.93 bits per heavy atom. The van der Waals surface area contributed by atoms with E-state index < -0.39 is 0 Å². The van der Waals surface area contributed by atoms with E-state index in [1.165, 1.54) is 22.7 Å². The molecule has 4 heterocycles. The standard InChI is InChI=1S/C18H17BrN4O2S3/c1-10-7-28-18(20-10)22-15(24)11-2-4-23(5-3-11)17(25)13-9-27-16(21-13)14-6-12(19)8-26-14/h6-9,11H,2-5H2,1H3,(H,20,22,24). The van der Waals surface area contributed by atoms with Crippen LogP contribution in [-0.4, -0.2) is 39.8 Å². The van der Waals surface area contributed by atoms with Crippen LogP contribution in [0.3, 0.4) is 0 Å². The monoisotopic (exact) mass is 496 g/mol. The van der Waals surface area contributed by atoms with E-state index in [9.17, 15) is 9.59 Å². The molecule has 0 unspecified atom stereocenters. The number of nitrogens with zero attached hydrogens (tertiary/aromatic N) is 3. The fourth-order valence-electron chi connectivity index (χ4n) is 3.04. The first kappa shape index (κ1) is 19.7. The zero-order valence-corrected chi connectivity index (χ0v) is 19.0. The maximum Gasteiger partial charge on any atom is 0.273 e. The van der Waals surface area contributed by atoms with Gasteiger partial charge in [0, 0.05) is 39.6 Å². The number of amides is 2. The number of hydrogen-bond donors (Lipinski definition) is 1. The summed E-state index contributed by atoms with van der Waals surface area (Å²) in [4.78, 5) is 36.8. The number of thiazole rings is 2. The van der Waals surface area contributed by atoms with E-state index in [1.807, 2.05) is 29.1 Å². The summed E-state index contributed by atoms with van der Waals surface area (Å²) < 4.78 is 1.02. The molecule has 0 atom stereocenters. The van der Waals surface area contributed by atoms with E-state index in [1.54, 1.807) is 16.2 Å². The smallest absolute Gasteiger partial charge is 0.273 e. The fraction of sp³-hybridized carbons (Fsp3) is 0.333. The van der Waals surface area contributed by atoms with Crippen LogP contribution >= 0.6 is 49.9 Å². The van der Waals surface area contributed by atoms with Crippen molar-refractivity contribution in [1.82, 2.24) is 14.9 Å². The molecule has 3 aromatic rings. The summed E-state index contributed by atoms with van der Waals surface area (Å²) in [7, 11) is 0. The Labute approximate surface area is 182 Å². The third kappa shape index (κ3) is 4.35. The quantitative estimate of drug-likeness (QED) is 0.557. The molecule has 1 saturated heterocycles. The Balaban J connectivity index is 1.34. The number of carbonyl (C=O) groups is 2. The first-order valence-electron chi connectivity index (χ1n) is 8.72. The fourth-order valence-corrected chi connectivity index (χ4v) is 6.03. The first-order chi connectivity index (χ1) is 13.5. The van der Waals surface area contributed by atoms with Gasteiger partial charge in [-0.05, 0) is 41.8 Å². The molecule has 10 heteroatoms. The van der Waals surface area contributed by atoms with Crippen LogP contribution in [0.5, 0.6) is 0 Å². The predicted octanol–water partition coefficient (Wildman–Crippen LogP) is 4.89. The number of aromatic nitrogens is 2. The number of likely N-dealkylation sites (tertiary alicyclic amines) is 1. The van der Waals surface area contributed by atoms with Crippen molar-refractivity contribution < 1.29 is 9.59 Å². The molecule has 1 fully saturated rings. The number of hydrogen-bond acceptors (Lipinski definition) is 7. The third-order valence-electron chi connectivity index (χ3n) is 4.50. The van der Waals surface area contributed by atoms with Crippen molar-refractivity contribution >= 4 is 66.9 Å². The highest BCUT2D eigenvalue weighted by Crippen LogP contribution is 2.32. The number of halogens is 1. The summed E-state index contributed by atoms with van der Waals surface area (Å²) in [6.07, 6.45) is 1.30. The summed E-state index contributed by atoms with van der Waals surface area (Å²) in [5.41, 5.74) is 1.38. The minimum Gasteiger partial charge on any atom is -0.337 e. The Kier molecular flexibility index (Phi) is 5.91. The van der Waals surface area contributed by atoms with Crippen molar-refractivity contribution in [3.05, 3.63) is 38.1 Å². The Morgan fingerprint density at radius 3 is 2.57 bits per heavy atom. The molecule has 0 aliphatic carbocycles. The molecule has 6 nitrogen and oxygen atoms in total. The molecule has 0 bridgehead atoms. The van der Waals surface area contributed by atoms with E-state index in [4.69, 9.17) is 0 Å². The van der Waals surface area contributed by atoms with Crippen LogP contribution in [0.15, 0.2) is 26.7 Å². The molecule has 28 heavy (non-hydrogen) atoms. The Morgan fingerprint density at radius 1 is 1.14 bits per heavy atom. The molecule has 0 aromatic carbocycles. The van der Waals surface area contributed by atoms with Crippen LogP contribution in [-0.2, 0) is 4.79 Å². The van der Waals surface area contributed by atoms with E-state index in [0.717, 1.165) is 20.1 Å². The van der Waals surface area contributed by atoms with Crippen molar-refractivity contribution in [2.45, 2.75) is 19.8 Å². The van der Waals surface area contributed by atoms with Gasteiger partial charge in [-0.3, -0.25) is 9.59 Å². The normalized spacial score (nSPS) is 15.0. The number of rotatable bonds is 4. The van der Waals surface area contributed by atoms with Crippen LogP contribution in [0.2, 0.25) is 0 Å². The van der Waals surface area contributed by atoms with Crippen LogP contribution < -0.4 is 5.32 Å². The minimum absolute atomic E-state index is 0.0133. The van der Waals surface area contributed by atoms with Crippen molar-refractivity contribution in [2.24, 2.45) is 5.92 Å². The molecule has 2 amide bonds. The van der Waals surface area contributed by atoms with Gasteiger partial charge >= 0.3 is 0 Å². The van der Waals surface area contributed by atoms with E-state index in [2.05, 4.69) is 31.2 Å². The van der Waals surface area contributed by atoms with Crippen LogP contribution in [0, 0.1) is 12.8 Å². The van der Waals surface area contributed by atoms with E-state index in [0.29, 0.717) is 36.8 Å². The lowest BCUT2D eigenvalue weighted by molar-refractivity contribution is -0.121. The lowest BCUT2D eigenvalue weighted by Gasteiger charge is -2.30. The Hall–Kier alpha value is -1.62. The summed E-state index contributed by atoms with van der Waals surface area (Å²) >= 11 is 7.95. The third-order valence-corrected chi connectivity index (χ3v) is 8.08. The van der Waals surface area contributed by atoms with E-state index in [-0.39, 0.29) is 17.7 Å². The maximum absolute atomic E-state index is 12.8. The number of carbonyl (C=O) groups excluding carboxylic acids is 2. The molecule has 1 N–H and O–H groups in total. The second-order valence-corrected chi connectivity index (χ2v) is 10.1. The summed E-state index contributed by atoms with van der Waals surface area (Å²) in [6, 6.07) is 2.01. The molecule has 3 aromatic heterocycles. The van der Waals surface area contributed by atoms with Gasteiger partial charge in [-0.15, -0.1) is 34.0 Å². The van der Waals surface area contributed by atoms with Gasteiger partial charge in [0.25, 0.3) is 5.91 Å². The van der Waals surface area contributed by atoms with Gasteiger partial charge in [0.1, 0.15) is 10.7 Å². The average molecular weight is 497 g/mol. The predicted molar refractivity (Wildman–Crippen MR) is 117 cm³/mol. The number of thiophene rings is 1. The summed E-state index contributed by atoms with van der Waals surface area (Å²) in [5, 5.41) is 10.1. The summed E-state index contributed by atoms with van der Waals surface area (Å²) in [5.74, 6) is -0.170. The molecule has 0 spiro atoms. The highest BCUT2D eigenvalue weighted by molar-refractivity contribution is 9.10. The largest absolute Gasteiger partial charge is 0.337 e. The highest BCUT2D eigenvalue weighted by atomic mass is 79.9. The number of anilines is 1. The minimum atomic E-state index is -0.0947. The molecular formula is C18H17BrN4O2S3. The molecule has 1 aliphatic rings. The van der Waals surface area contributed by atoms with Crippen molar-refractivity contribution in [2.75, 3.05) is 18.4 Å². The van der Waals surface area contributed by atoms with Gasteiger partial charge in [0.15, 0.2) is 5.13 Å². The van der Waals surface area contributed by atoms with Gasteiger partial charge < -0.3 is 10.2 Å². The van der Waals surface area contributed by atoms with Crippen LogP contribution in [0.1, 0.15) is 29.0 Å².